The van der Waals surface area contributed by atoms with Crippen LogP contribution in [-0.2, 0) is 0 Å². The Morgan fingerprint density at radius 1 is 1.07 bits per heavy atom. The molecule has 0 bridgehead atoms. The Balaban J connectivity index is 4.03. The van der Waals surface area contributed by atoms with E-state index in [1.54, 1.807) is 0 Å². The molecule has 0 amide bonds. The topological polar surface area (TPSA) is 12.0 Å². The first-order valence-electron chi connectivity index (χ1n) is 6.64. The van der Waals surface area contributed by atoms with Crippen molar-refractivity contribution in [2.75, 3.05) is 6.54 Å². The van der Waals surface area contributed by atoms with E-state index in [1.165, 1.54) is 25.7 Å². The molecular formula is C14H31N. The van der Waals surface area contributed by atoms with Crippen LogP contribution in [0.5, 0.6) is 0 Å². The molecule has 2 atom stereocenters. The Bertz CT molecular complexity index is 146. The zero-order valence-corrected chi connectivity index (χ0v) is 11.7. The summed E-state index contributed by atoms with van der Waals surface area (Å²) in [7, 11) is 0. The van der Waals surface area contributed by atoms with Gasteiger partial charge in [-0.25, -0.2) is 0 Å². The lowest BCUT2D eigenvalue weighted by Gasteiger charge is -2.28. The average Bonchev–Trinajstić information content (AvgIpc) is 2.11. The second-order valence-corrected chi connectivity index (χ2v) is 6.03. The second kappa shape index (κ2) is 7.27. The minimum absolute atomic E-state index is 0.472. The van der Waals surface area contributed by atoms with E-state index in [-0.39, 0.29) is 0 Å². The zero-order valence-electron chi connectivity index (χ0n) is 11.7. The first kappa shape index (κ1) is 15.0. The Morgan fingerprint density at radius 3 is 2.07 bits per heavy atom. The van der Waals surface area contributed by atoms with Crippen LogP contribution in [0, 0.1) is 11.3 Å². The molecule has 0 aromatic rings. The van der Waals surface area contributed by atoms with Gasteiger partial charge in [-0.2, -0.15) is 0 Å². The van der Waals surface area contributed by atoms with Gasteiger partial charge in [-0.15, -0.1) is 0 Å². The van der Waals surface area contributed by atoms with E-state index in [2.05, 4.69) is 46.9 Å². The van der Waals surface area contributed by atoms with Crippen molar-refractivity contribution in [2.45, 2.75) is 73.3 Å². The molecule has 92 valence electrons. The van der Waals surface area contributed by atoms with Crippen LogP contribution in [0.15, 0.2) is 0 Å². The third kappa shape index (κ3) is 7.84. The summed E-state index contributed by atoms with van der Waals surface area (Å²) in [5.41, 5.74) is 0.472. The average molecular weight is 213 g/mol. The van der Waals surface area contributed by atoms with Gasteiger partial charge in [0.2, 0.25) is 0 Å². The molecule has 1 nitrogen and oxygen atoms in total. The Hall–Kier alpha value is -0.0400. The van der Waals surface area contributed by atoms with Crippen molar-refractivity contribution in [1.82, 2.24) is 5.32 Å². The van der Waals surface area contributed by atoms with Crippen molar-refractivity contribution in [3.63, 3.8) is 0 Å². The lowest BCUT2D eigenvalue weighted by atomic mass is 9.84. The fourth-order valence-corrected chi connectivity index (χ4v) is 2.09. The highest BCUT2D eigenvalue weighted by Crippen LogP contribution is 2.24. The molecule has 1 N–H and O–H groups in total. The molecule has 15 heavy (non-hydrogen) atoms. The maximum Gasteiger partial charge on any atom is 0.00927 e. The predicted molar refractivity (Wildman–Crippen MR) is 70.2 cm³/mol. The van der Waals surface area contributed by atoms with Gasteiger partial charge in [0.25, 0.3) is 0 Å². The summed E-state index contributed by atoms with van der Waals surface area (Å²) in [5, 5.41) is 3.64. The van der Waals surface area contributed by atoms with Crippen LogP contribution in [0.25, 0.3) is 0 Å². The lowest BCUT2D eigenvalue weighted by molar-refractivity contribution is 0.280. The van der Waals surface area contributed by atoms with Gasteiger partial charge < -0.3 is 5.32 Å². The molecule has 0 aliphatic heterocycles. The van der Waals surface area contributed by atoms with Crippen molar-refractivity contribution in [2.24, 2.45) is 11.3 Å². The first-order valence-corrected chi connectivity index (χ1v) is 6.64. The molecule has 1 heteroatoms. The largest absolute Gasteiger partial charge is 0.314 e. The molecule has 0 fully saturated rings. The summed E-state index contributed by atoms with van der Waals surface area (Å²) >= 11 is 0. The molecule has 0 radical (unpaired) electrons. The highest BCUT2D eigenvalue weighted by atomic mass is 14.9. The van der Waals surface area contributed by atoms with E-state index >= 15 is 0 Å². The molecule has 0 aliphatic rings. The van der Waals surface area contributed by atoms with Crippen LogP contribution >= 0.6 is 0 Å². The fourth-order valence-electron chi connectivity index (χ4n) is 2.09. The molecule has 0 saturated heterocycles. The van der Waals surface area contributed by atoms with Crippen molar-refractivity contribution >= 4 is 0 Å². The Labute approximate surface area is 97.0 Å². The molecule has 0 spiro atoms. The summed E-state index contributed by atoms with van der Waals surface area (Å²) in [6.45, 7) is 15.0. The number of nitrogens with one attached hydrogen (secondary N) is 1. The monoisotopic (exact) mass is 213 g/mol. The first-order chi connectivity index (χ1) is 6.90. The van der Waals surface area contributed by atoms with Gasteiger partial charge in [-0.05, 0) is 37.1 Å². The third-order valence-corrected chi connectivity index (χ3v) is 3.10. The molecule has 0 aromatic heterocycles. The van der Waals surface area contributed by atoms with E-state index in [4.69, 9.17) is 0 Å². The molecule has 0 rings (SSSR count). The van der Waals surface area contributed by atoms with Gasteiger partial charge in [0.1, 0.15) is 0 Å². The van der Waals surface area contributed by atoms with Crippen molar-refractivity contribution < 1.29 is 0 Å². The van der Waals surface area contributed by atoms with E-state index in [1.807, 2.05) is 0 Å². The number of hydrogen-bond acceptors (Lipinski definition) is 1. The van der Waals surface area contributed by atoms with Gasteiger partial charge in [-0.1, -0.05) is 48.0 Å². The quantitative estimate of drug-likeness (QED) is 0.667. The predicted octanol–water partition coefficient (Wildman–Crippen LogP) is 4.23. The highest BCUT2D eigenvalue weighted by Gasteiger charge is 2.18. The summed E-state index contributed by atoms with van der Waals surface area (Å²) in [4.78, 5) is 0. The molecule has 0 aliphatic carbocycles. The summed E-state index contributed by atoms with van der Waals surface area (Å²) < 4.78 is 0. The van der Waals surface area contributed by atoms with E-state index in [9.17, 15) is 0 Å². The van der Waals surface area contributed by atoms with Crippen molar-refractivity contribution in [3.05, 3.63) is 0 Å². The summed E-state index contributed by atoms with van der Waals surface area (Å²) in [6.07, 6.45) is 5.29. The normalized spacial score (nSPS) is 16.4. The molecule has 2 unspecified atom stereocenters. The zero-order chi connectivity index (χ0) is 11.9. The Kier molecular flexibility index (Phi) is 7.25. The van der Waals surface area contributed by atoms with Gasteiger partial charge in [0, 0.05) is 6.04 Å². The maximum absolute atomic E-state index is 3.64. The van der Waals surface area contributed by atoms with Crippen LogP contribution < -0.4 is 5.32 Å². The van der Waals surface area contributed by atoms with Gasteiger partial charge in [0.05, 0.1) is 0 Å². The van der Waals surface area contributed by atoms with Gasteiger partial charge >= 0.3 is 0 Å². The Morgan fingerprint density at radius 2 is 1.67 bits per heavy atom. The van der Waals surface area contributed by atoms with Crippen LogP contribution in [0.1, 0.15) is 67.2 Å². The van der Waals surface area contributed by atoms with Crippen LogP contribution in [-0.4, -0.2) is 12.6 Å². The van der Waals surface area contributed by atoms with Crippen molar-refractivity contribution in [3.8, 4) is 0 Å². The van der Waals surface area contributed by atoms with Crippen LogP contribution in [0.3, 0.4) is 0 Å². The number of rotatable bonds is 7. The number of hydrogen-bond donors (Lipinski definition) is 1. The van der Waals surface area contributed by atoms with Crippen LogP contribution in [0.2, 0.25) is 0 Å². The minimum Gasteiger partial charge on any atom is -0.314 e. The molecule has 0 heterocycles. The minimum atomic E-state index is 0.472. The van der Waals surface area contributed by atoms with Gasteiger partial charge in [0.15, 0.2) is 0 Å². The summed E-state index contributed by atoms with van der Waals surface area (Å²) in [5.74, 6) is 0.817. The van der Waals surface area contributed by atoms with Crippen LogP contribution in [0.4, 0.5) is 0 Å². The third-order valence-electron chi connectivity index (χ3n) is 3.10. The fraction of sp³-hybridized carbons (Fsp3) is 1.00. The van der Waals surface area contributed by atoms with Crippen molar-refractivity contribution in [1.29, 1.82) is 0 Å². The second-order valence-electron chi connectivity index (χ2n) is 6.03. The SMILES string of the molecule is CCCC(C)C(CCC(C)(C)C)NCC. The van der Waals surface area contributed by atoms with E-state index in [0.717, 1.165) is 12.5 Å². The highest BCUT2D eigenvalue weighted by molar-refractivity contribution is 4.75. The molecular weight excluding hydrogens is 182 g/mol. The van der Waals surface area contributed by atoms with E-state index in [0.29, 0.717) is 11.5 Å². The summed E-state index contributed by atoms with van der Waals surface area (Å²) in [6, 6.07) is 0.717. The standard InChI is InChI=1S/C14H31N/c1-7-9-12(3)13(15-8-2)10-11-14(4,5)6/h12-13,15H,7-11H2,1-6H3. The van der Waals surface area contributed by atoms with Gasteiger partial charge in [-0.3, -0.25) is 0 Å². The molecule has 0 saturated carbocycles. The maximum atomic E-state index is 3.64. The van der Waals surface area contributed by atoms with E-state index < -0.39 is 0 Å². The lowest BCUT2D eigenvalue weighted by Crippen LogP contribution is -2.35. The smallest absolute Gasteiger partial charge is 0.00927 e. The molecule has 0 aromatic carbocycles.